The lowest BCUT2D eigenvalue weighted by Gasteiger charge is -2.25. The van der Waals surface area contributed by atoms with Crippen molar-refractivity contribution in [3.63, 3.8) is 0 Å². The first-order valence-electron chi connectivity index (χ1n) is 6.75. The number of halogens is 1. The lowest BCUT2D eigenvalue weighted by Crippen LogP contribution is -2.23. The Balaban J connectivity index is 1.90. The second kappa shape index (κ2) is 7.04. The van der Waals surface area contributed by atoms with Crippen LogP contribution in [0.3, 0.4) is 0 Å². The van der Waals surface area contributed by atoms with Gasteiger partial charge in [0, 0.05) is 17.5 Å². The van der Waals surface area contributed by atoms with Gasteiger partial charge in [-0.15, -0.1) is 11.3 Å². The number of aryl methyl sites for hydroxylation is 1. The maximum Gasteiger partial charge on any atom is 0.0704 e. The molecule has 2 nitrogen and oxygen atoms in total. The van der Waals surface area contributed by atoms with Gasteiger partial charge >= 0.3 is 0 Å². The van der Waals surface area contributed by atoms with E-state index in [1.807, 2.05) is 11.3 Å². The fraction of sp³-hybridized carbons (Fsp3) is 0.714. The topological polar surface area (TPSA) is 21.3 Å². The standard InChI is InChI=1S/C14H22BrNOS/c1-10-12(9-14(15)18-10)13(16-2)7-6-11-5-3-4-8-17-11/h9,11,13,16H,3-8H2,1-2H3. The number of thiophene rings is 1. The first-order chi connectivity index (χ1) is 8.70. The second-order valence-corrected chi connectivity index (χ2v) is 7.60. The van der Waals surface area contributed by atoms with Crippen LogP contribution in [0.4, 0.5) is 0 Å². The van der Waals surface area contributed by atoms with Crippen molar-refractivity contribution < 1.29 is 4.74 Å². The molecule has 1 aliphatic heterocycles. The predicted octanol–water partition coefficient (Wildman–Crippen LogP) is 4.43. The summed E-state index contributed by atoms with van der Waals surface area (Å²) in [7, 11) is 2.05. The van der Waals surface area contributed by atoms with Gasteiger partial charge in [0.2, 0.25) is 0 Å². The van der Waals surface area contributed by atoms with Crippen LogP contribution in [-0.4, -0.2) is 19.8 Å². The summed E-state index contributed by atoms with van der Waals surface area (Å²) in [5.74, 6) is 0. The molecule has 18 heavy (non-hydrogen) atoms. The summed E-state index contributed by atoms with van der Waals surface area (Å²) >= 11 is 5.39. The first kappa shape index (κ1) is 14.5. The second-order valence-electron chi connectivity index (χ2n) is 4.97. The minimum absolute atomic E-state index is 0.457. The van der Waals surface area contributed by atoms with Crippen molar-refractivity contribution in [1.29, 1.82) is 0 Å². The van der Waals surface area contributed by atoms with Crippen LogP contribution in [0.5, 0.6) is 0 Å². The quantitative estimate of drug-likeness (QED) is 0.861. The third-order valence-corrected chi connectivity index (χ3v) is 5.27. The van der Waals surface area contributed by atoms with Crippen molar-refractivity contribution >= 4 is 27.3 Å². The summed E-state index contributed by atoms with van der Waals surface area (Å²) in [5.41, 5.74) is 1.44. The monoisotopic (exact) mass is 331 g/mol. The average molecular weight is 332 g/mol. The molecule has 0 saturated carbocycles. The van der Waals surface area contributed by atoms with Gasteiger partial charge < -0.3 is 10.1 Å². The SMILES string of the molecule is CNC(CCC1CCCCO1)c1cc(Br)sc1C. The summed E-state index contributed by atoms with van der Waals surface area (Å²) in [6.45, 7) is 3.16. The molecule has 1 aliphatic rings. The molecule has 2 rings (SSSR count). The molecule has 102 valence electrons. The molecule has 0 bridgehead atoms. The van der Waals surface area contributed by atoms with Crippen LogP contribution in [0.15, 0.2) is 9.85 Å². The van der Waals surface area contributed by atoms with Crippen LogP contribution in [0.2, 0.25) is 0 Å². The summed E-state index contributed by atoms with van der Waals surface area (Å²) < 4.78 is 7.04. The number of ether oxygens (including phenoxy) is 1. The Kier molecular flexibility index (Phi) is 5.67. The maximum absolute atomic E-state index is 5.81. The Hall–Kier alpha value is 0.1000. The zero-order valence-corrected chi connectivity index (χ0v) is 13.6. The molecule has 4 heteroatoms. The van der Waals surface area contributed by atoms with E-state index in [1.54, 1.807) is 0 Å². The smallest absolute Gasteiger partial charge is 0.0704 e. The Labute approximate surface area is 122 Å². The Morgan fingerprint density at radius 2 is 2.39 bits per heavy atom. The highest BCUT2D eigenvalue weighted by Gasteiger charge is 2.19. The van der Waals surface area contributed by atoms with Crippen molar-refractivity contribution in [2.45, 2.75) is 51.2 Å². The Bertz CT molecular complexity index is 374. The molecule has 0 aliphatic carbocycles. The van der Waals surface area contributed by atoms with Crippen molar-refractivity contribution in [3.8, 4) is 0 Å². The fourth-order valence-electron chi connectivity index (χ4n) is 2.65. The Morgan fingerprint density at radius 3 is 2.94 bits per heavy atom. The van der Waals surface area contributed by atoms with Gasteiger partial charge in [0.25, 0.3) is 0 Å². The molecule has 0 radical (unpaired) electrons. The van der Waals surface area contributed by atoms with Gasteiger partial charge in [0.05, 0.1) is 9.89 Å². The van der Waals surface area contributed by atoms with Crippen LogP contribution in [0.1, 0.15) is 48.6 Å². The lowest BCUT2D eigenvalue weighted by molar-refractivity contribution is 0.00866. The molecular weight excluding hydrogens is 310 g/mol. The summed E-state index contributed by atoms with van der Waals surface area (Å²) in [6.07, 6.45) is 6.62. The van der Waals surface area contributed by atoms with Gasteiger partial charge in [0.15, 0.2) is 0 Å². The normalized spacial score (nSPS) is 22.1. The highest BCUT2D eigenvalue weighted by Crippen LogP contribution is 2.33. The van der Waals surface area contributed by atoms with Crippen molar-refractivity contribution in [2.75, 3.05) is 13.7 Å². The molecule has 0 amide bonds. The van der Waals surface area contributed by atoms with E-state index in [-0.39, 0.29) is 0 Å². The van der Waals surface area contributed by atoms with Crippen molar-refractivity contribution in [3.05, 3.63) is 20.3 Å². The summed E-state index contributed by atoms with van der Waals surface area (Å²) in [5, 5.41) is 3.44. The molecule has 0 spiro atoms. The molecule has 2 heterocycles. The average Bonchev–Trinajstić information content (AvgIpc) is 2.71. The van der Waals surface area contributed by atoms with Gasteiger partial charge in [-0.2, -0.15) is 0 Å². The van der Waals surface area contributed by atoms with Gasteiger partial charge in [-0.1, -0.05) is 0 Å². The number of rotatable bonds is 5. The molecule has 2 unspecified atom stereocenters. The van der Waals surface area contributed by atoms with E-state index in [0.717, 1.165) is 13.0 Å². The van der Waals surface area contributed by atoms with E-state index >= 15 is 0 Å². The van der Waals surface area contributed by atoms with E-state index in [2.05, 4.69) is 41.3 Å². The van der Waals surface area contributed by atoms with Crippen LogP contribution < -0.4 is 5.32 Å². The van der Waals surface area contributed by atoms with E-state index < -0.39 is 0 Å². The zero-order chi connectivity index (χ0) is 13.0. The van der Waals surface area contributed by atoms with Gasteiger partial charge in [-0.25, -0.2) is 0 Å². The van der Waals surface area contributed by atoms with Crippen molar-refractivity contribution in [1.82, 2.24) is 5.32 Å². The number of hydrogen-bond acceptors (Lipinski definition) is 3. The molecule has 1 N–H and O–H groups in total. The van der Waals surface area contributed by atoms with Gasteiger partial charge in [-0.05, 0) is 73.6 Å². The molecule has 2 atom stereocenters. The summed E-state index contributed by atoms with van der Waals surface area (Å²) in [4.78, 5) is 1.41. The summed E-state index contributed by atoms with van der Waals surface area (Å²) in [6, 6.07) is 2.71. The van der Waals surface area contributed by atoms with Crippen LogP contribution in [0.25, 0.3) is 0 Å². The fourth-order valence-corrected chi connectivity index (χ4v) is 4.42. The lowest BCUT2D eigenvalue weighted by atomic mass is 9.98. The van der Waals surface area contributed by atoms with E-state index in [1.165, 1.54) is 39.9 Å². The van der Waals surface area contributed by atoms with Gasteiger partial charge in [-0.3, -0.25) is 0 Å². The third kappa shape index (κ3) is 3.80. The number of hydrogen-bond donors (Lipinski definition) is 1. The van der Waals surface area contributed by atoms with E-state index in [0.29, 0.717) is 12.1 Å². The van der Waals surface area contributed by atoms with E-state index in [4.69, 9.17) is 4.74 Å². The van der Waals surface area contributed by atoms with Crippen molar-refractivity contribution in [2.24, 2.45) is 0 Å². The molecule has 1 saturated heterocycles. The zero-order valence-electron chi connectivity index (χ0n) is 11.2. The molecule has 1 aromatic heterocycles. The Morgan fingerprint density at radius 1 is 1.56 bits per heavy atom. The van der Waals surface area contributed by atoms with Crippen LogP contribution in [-0.2, 0) is 4.74 Å². The highest BCUT2D eigenvalue weighted by molar-refractivity contribution is 9.11. The minimum atomic E-state index is 0.457. The predicted molar refractivity (Wildman–Crippen MR) is 81.4 cm³/mol. The van der Waals surface area contributed by atoms with Crippen LogP contribution in [0, 0.1) is 6.92 Å². The molecule has 1 aromatic rings. The van der Waals surface area contributed by atoms with Crippen LogP contribution >= 0.6 is 27.3 Å². The van der Waals surface area contributed by atoms with Gasteiger partial charge in [0.1, 0.15) is 0 Å². The third-order valence-electron chi connectivity index (χ3n) is 3.70. The van der Waals surface area contributed by atoms with E-state index in [9.17, 15) is 0 Å². The highest BCUT2D eigenvalue weighted by atomic mass is 79.9. The maximum atomic E-state index is 5.81. The first-order valence-corrected chi connectivity index (χ1v) is 8.36. The molecular formula is C14H22BrNOS. The molecule has 1 fully saturated rings. The minimum Gasteiger partial charge on any atom is -0.378 e. The largest absolute Gasteiger partial charge is 0.378 e. The molecule has 0 aromatic carbocycles. The number of nitrogens with one attached hydrogen (secondary N) is 1.